The molecule has 1 heterocycles. The molecule has 0 spiro atoms. The monoisotopic (exact) mass is 197 g/mol. The van der Waals surface area contributed by atoms with E-state index in [1.54, 1.807) is 0 Å². The summed E-state index contributed by atoms with van der Waals surface area (Å²) in [5.74, 6) is 0. The third-order valence-corrected chi connectivity index (χ3v) is 2.52. The van der Waals surface area contributed by atoms with E-state index in [2.05, 4.69) is 9.97 Å². The van der Waals surface area contributed by atoms with Gasteiger partial charge in [-0.2, -0.15) is 0 Å². The molecule has 5 heteroatoms. The highest BCUT2D eigenvalue weighted by Crippen LogP contribution is 2.30. The highest BCUT2D eigenvalue weighted by atomic mass is 32.1. The fourth-order valence-corrected chi connectivity index (χ4v) is 1.99. The molecule has 4 N–H and O–H groups in total. The van der Waals surface area contributed by atoms with E-state index >= 15 is 0 Å². The van der Waals surface area contributed by atoms with Crippen LogP contribution in [-0.2, 0) is 13.0 Å². The Balaban J connectivity index is 2.64. The molecule has 1 aliphatic carbocycles. The summed E-state index contributed by atoms with van der Waals surface area (Å²) < 4.78 is 0.452. The lowest BCUT2D eigenvalue weighted by molar-refractivity contribution is 0.178. The lowest BCUT2D eigenvalue weighted by atomic mass is 10.1. The van der Waals surface area contributed by atoms with E-state index in [4.69, 9.17) is 18.0 Å². The standard InChI is InChI=1S/C8H11N3OS/c9-3-5-7-4(1-2-6(7)12)10-8(13)11-5/h6,12H,1-3,9H2,(H,10,11,13). The number of aliphatic hydroxyl groups excluding tert-OH is 1. The van der Waals surface area contributed by atoms with Gasteiger partial charge >= 0.3 is 0 Å². The molecule has 0 aliphatic heterocycles. The van der Waals surface area contributed by atoms with Gasteiger partial charge in [0.05, 0.1) is 11.8 Å². The normalized spacial score (nSPS) is 20.3. The van der Waals surface area contributed by atoms with Crippen LogP contribution < -0.4 is 5.73 Å². The van der Waals surface area contributed by atoms with Crippen molar-refractivity contribution in [1.82, 2.24) is 9.97 Å². The van der Waals surface area contributed by atoms with Gasteiger partial charge in [0.25, 0.3) is 0 Å². The summed E-state index contributed by atoms with van der Waals surface area (Å²) in [7, 11) is 0. The maximum atomic E-state index is 9.63. The summed E-state index contributed by atoms with van der Waals surface area (Å²) >= 11 is 4.94. The summed E-state index contributed by atoms with van der Waals surface area (Å²) in [6.45, 7) is 0.331. The lowest BCUT2D eigenvalue weighted by Gasteiger charge is -2.07. The van der Waals surface area contributed by atoms with Crippen LogP contribution >= 0.6 is 12.2 Å². The Morgan fingerprint density at radius 2 is 2.46 bits per heavy atom. The molecule has 1 aromatic heterocycles. The molecule has 4 nitrogen and oxygen atoms in total. The van der Waals surface area contributed by atoms with Crippen molar-refractivity contribution >= 4 is 12.2 Å². The van der Waals surface area contributed by atoms with E-state index in [-0.39, 0.29) is 0 Å². The summed E-state index contributed by atoms with van der Waals surface area (Å²) in [6, 6.07) is 0. The number of nitrogens with two attached hydrogens (primary N) is 1. The largest absolute Gasteiger partial charge is 0.388 e. The molecule has 0 radical (unpaired) electrons. The Bertz CT molecular complexity index is 387. The molecular formula is C8H11N3OS. The van der Waals surface area contributed by atoms with Crippen LogP contribution in [0.5, 0.6) is 0 Å². The minimum Gasteiger partial charge on any atom is -0.388 e. The van der Waals surface area contributed by atoms with Crippen molar-refractivity contribution in [2.24, 2.45) is 5.73 Å². The predicted molar refractivity (Wildman–Crippen MR) is 50.6 cm³/mol. The molecule has 0 aromatic carbocycles. The molecule has 1 atom stereocenters. The second kappa shape index (κ2) is 3.17. The topological polar surface area (TPSA) is 74.9 Å². The second-order valence-electron chi connectivity index (χ2n) is 3.14. The Hall–Kier alpha value is -0.780. The molecule has 2 rings (SSSR count). The van der Waals surface area contributed by atoms with Crippen LogP contribution in [0.1, 0.15) is 29.5 Å². The van der Waals surface area contributed by atoms with Crippen LogP contribution in [0, 0.1) is 4.77 Å². The Morgan fingerprint density at radius 3 is 3.15 bits per heavy atom. The van der Waals surface area contributed by atoms with Gasteiger partial charge in [0.1, 0.15) is 0 Å². The maximum absolute atomic E-state index is 9.63. The average molecular weight is 197 g/mol. The summed E-state index contributed by atoms with van der Waals surface area (Å²) in [6.07, 6.45) is 1.14. The number of aromatic nitrogens is 2. The molecule has 1 unspecified atom stereocenters. The Kier molecular flexibility index (Phi) is 2.15. The fraction of sp³-hybridized carbons (Fsp3) is 0.500. The highest BCUT2D eigenvalue weighted by Gasteiger charge is 2.24. The Morgan fingerprint density at radius 1 is 1.69 bits per heavy atom. The van der Waals surface area contributed by atoms with E-state index in [0.717, 1.165) is 29.8 Å². The third-order valence-electron chi connectivity index (χ3n) is 2.32. The van der Waals surface area contributed by atoms with Crippen molar-refractivity contribution < 1.29 is 5.11 Å². The van der Waals surface area contributed by atoms with Crippen LogP contribution in [0.25, 0.3) is 0 Å². The third kappa shape index (κ3) is 1.39. The number of H-pyrrole nitrogens is 1. The number of rotatable bonds is 1. The average Bonchev–Trinajstić information content (AvgIpc) is 2.46. The molecule has 1 aliphatic rings. The number of nitrogens with zero attached hydrogens (tertiary/aromatic N) is 1. The van der Waals surface area contributed by atoms with Gasteiger partial charge in [0.15, 0.2) is 4.77 Å². The van der Waals surface area contributed by atoms with Gasteiger partial charge in [-0.25, -0.2) is 4.98 Å². The minimum atomic E-state index is -0.423. The van der Waals surface area contributed by atoms with Crippen molar-refractivity contribution in [1.29, 1.82) is 0 Å². The molecule has 70 valence electrons. The summed E-state index contributed by atoms with van der Waals surface area (Å²) in [5, 5.41) is 9.63. The van der Waals surface area contributed by atoms with Crippen LogP contribution in [-0.4, -0.2) is 15.1 Å². The molecule has 0 saturated heterocycles. The van der Waals surface area contributed by atoms with E-state index in [1.807, 2.05) is 0 Å². The number of aliphatic hydroxyl groups is 1. The Labute approximate surface area is 80.8 Å². The van der Waals surface area contributed by atoms with Crippen molar-refractivity contribution in [3.8, 4) is 0 Å². The van der Waals surface area contributed by atoms with Gasteiger partial charge in [-0.15, -0.1) is 0 Å². The first-order valence-corrected chi connectivity index (χ1v) is 4.63. The van der Waals surface area contributed by atoms with Crippen molar-refractivity contribution in [2.75, 3.05) is 0 Å². The number of aryl methyl sites for hydroxylation is 1. The number of fused-ring (bicyclic) bond motifs is 1. The zero-order chi connectivity index (χ0) is 9.42. The van der Waals surface area contributed by atoms with Crippen molar-refractivity contribution in [3.63, 3.8) is 0 Å². The first kappa shape index (κ1) is 8.80. The summed E-state index contributed by atoms with van der Waals surface area (Å²) in [4.78, 5) is 7.07. The number of hydrogen-bond acceptors (Lipinski definition) is 4. The first-order chi connectivity index (χ1) is 6.22. The second-order valence-corrected chi connectivity index (χ2v) is 3.53. The summed E-state index contributed by atoms with van der Waals surface area (Å²) in [5.41, 5.74) is 8.10. The molecule has 0 fully saturated rings. The predicted octanol–water partition coefficient (Wildman–Crippen LogP) is 0.577. The van der Waals surface area contributed by atoms with Gasteiger partial charge in [-0.3, -0.25) is 0 Å². The lowest BCUT2D eigenvalue weighted by Crippen LogP contribution is -2.08. The van der Waals surface area contributed by atoms with E-state index in [1.165, 1.54) is 0 Å². The van der Waals surface area contributed by atoms with E-state index in [0.29, 0.717) is 11.3 Å². The number of hydrogen-bond donors (Lipinski definition) is 3. The molecule has 0 saturated carbocycles. The maximum Gasteiger partial charge on any atom is 0.197 e. The zero-order valence-corrected chi connectivity index (χ0v) is 7.90. The van der Waals surface area contributed by atoms with Crippen LogP contribution in [0.15, 0.2) is 0 Å². The zero-order valence-electron chi connectivity index (χ0n) is 7.08. The van der Waals surface area contributed by atoms with Gasteiger partial charge in [0.2, 0.25) is 0 Å². The quantitative estimate of drug-likeness (QED) is 0.576. The number of aromatic amines is 1. The fourth-order valence-electron chi connectivity index (χ4n) is 1.75. The highest BCUT2D eigenvalue weighted by molar-refractivity contribution is 7.71. The molecule has 1 aromatic rings. The van der Waals surface area contributed by atoms with Gasteiger partial charge in [-0.05, 0) is 25.1 Å². The number of nitrogens with one attached hydrogen (secondary N) is 1. The molecule has 13 heavy (non-hydrogen) atoms. The van der Waals surface area contributed by atoms with Crippen LogP contribution in [0.4, 0.5) is 0 Å². The van der Waals surface area contributed by atoms with Gasteiger partial charge in [0, 0.05) is 17.8 Å². The smallest absolute Gasteiger partial charge is 0.197 e. The van der Waals surface area contributed by atoms with E-state index < -0.39 is 6.10 Å². The SMILES string of the molecule is NCc1nc(=S)[nH]c2c1C(O)CC2. The van der Waals surface area contributed by atoms with Gasteiger partial charge < -0.3 is 15.8 Å². The van der Waals surface area contributed by atoms with Gasteiger partial charge in [-0.1, -0.05) is 0 Å². The van der Waals surface area contributed by atoms with Crippen molar-refractivity contribution in [2.45, 2.75) is 25.5 Å². The minimum absolute atomic E-state index is 0.331. The first-order valence-electron chi connectivity index (χ1n) is 4.22. The molecule has 0 amide bonds. The van der Waals surface area contributed by atoms with Crippen LogP contribution in [0.2, 0.25) is 0 Å². The van der Waals surface area contributed by atoms with Crippen molar-refractivity contribution in [3.05, 3.63) is 21.7 Å². The van der Waals surface area contributed by atoms with E-state index in [9.17, 15) is 5.11 Å². The molecular weight excluding hydrogens is 186 g/mol. The molecule has 0 bridgehead atoms. The van der Waals surface area contributed by atoms with Crippen LogP contribution in [0.3, 0.4) is 0 Å².